The monoisotopic (exact) mass is 629 g/mol. The van der Waals surface area contributed by atoms with Crippen molar-refractivity contribution in [3.63, 3.8) is 0 Å². The molecule has 3 N–H and O–H groups in total. The van der Waals surface area contributed by atoms with Crippen molar-refractivity contribution in [2.45, 2.75) is 19.0 Å². The number of dihydropyridines is 1. The number of nitriles is 1. The molecule has 3 heterocycles. The molecule has 42 heavy (non-hydrogen) atoms. The second-order valence-electron chi connectivity index (χ2n) is 8.94. The average Bonchev–Trinajstić information content (AvgIpc) is 3.61. The number of halogens is 4. The number of allylic oxidation sites excluding steroid dienone is 2. The number of benzene rings is 2. The molecule has 0 saturated carbocycles. The predicted octanol–water partition coefficient (Wildman–Crippen LogP) is 7.27. The first-order valence-electron chi connectivity index (χ1n) is 12.2. The minimum Gasteiger partial charge on any atom is -0.468 e. The van der Waals surface area contributed by atoms with E-state index in [2.05, 4.69) is 27.0 Å². The van der Waals surface area contributed by atoms with E-state index in [9.17, 15) is 28.0 Å². The van der Waals surface area contributed by atoms with Gasteiger partial charge in [-0.05, 0) is 49.4 Å². The van der Waals surface area contributed by atoms with Gasteiger partial charge in [-0.25, -0.2) is 4.98 Å². The maximum absolute atomic E-state index is 13.5. The molecular weight excluding hydrogens is 611 g/mol. The second kappa shape index (κ2) is 11.9. The lowest BCUT2D eigenvalue weighted by Gasteiger charge is -2.28. The van der Waals surface area contributed by atoms with Crippen molar-refractivity contribution in [1.29, 1.82) is 5.26 Å². The summed E-state index contributed by atoms with van der Waals surface area (Å²) in [5, 5.41) is 19.0. The number of para-hydroxylation sites is 1. The van der Waals surface area contributed by atoms with Crippen molar-refractivity contribution in [2.24, 2.45) is 0 Å². The summed E-state index contributed by atoms with van der Waals surface area (Å²) in [4.78, 5) is 30.6. The van der Waals surface area contributed by atoms with Crippen LogP contribution in [0.5, 0.6) is 0 Å². The van der Waals surface area contributed by atoms with Gasteiger partial charge in [-0.15, -0.1) is 0 Å². The number of fused-ring (bicyclic) bond motifs is 1. The van der Waals surface area contributed by atoms with Crippen LogP contribution in [0.2, 0.25) is 5.02 Å². The predicted molar refractivity (Wildman–Crippen MR) is 156 cm³/mol. The highest BCUT2D eigenvalue weighted by Gasteiger charge is 2.37. The smallest absolute Gasteiger partial charge is 0.416 e. The summed E-state index contributed by atoms with van der Waals surface area (Å²) < 4.78 is 46.3. The van der Waals surface area contributed by atoms with E-state index in [1.807, 2.05) is 24.3 Å². The van der Waals surface area contributed by atoms with E-state index in [1.165, 1.54) is 17.6 Å². The molecule has 0 unspecified atom stereocenters. The largest absolute Gasteiger partial charge is 0.468 e. The SMILES string of the molecule is CC1=C(C(=O)Nc2cc(C(F)(F)F)ccc2Cl)[C@H](c2ccco2)C(C#N)=C(SCC(=O)Nc2nc3ccccc3s2)N1. The molecule has 14 heteroatoms. The molecule has 2 amide bonds. The Kier molecular flexibility index (Phi) is 8.31. The number of carbonyl (C=O) groups is 2. The van der Waals surface area contributed by atoms with Gasteiger partial charge in [-0.2, -0.15) is 18.4 Å². The molecule has 2 aromatic heterocycles. The molecule has 1 aliphatic rings. The number of amides is 2. The third-order valence-electron chi connectivity index (χ3n) is 6.15. The average molecular weight is 630 g/mol. The lowest BCUT2D eigenvalue weighted by Crippen LogP contribution is -2.31. The Hall–Kier alpha value is -4.25. The van der Waals surface area contributed by atoms with Crippen LogP contribution in [0.1, 0.15) is 24.2 Å². The first-order chi connectivity index (χ1) is 20.0. The Bertz CT molecular complexity index is 1760. The van der Waals surface area contributed by atoms with E-state index in [4.69, 9.17) is 16.0 Å². The maximum atomic E-state index is 13.5. The molecule has 0 fully saturated rings. The number of furan rings is 1. The van der Waals surface area contributed by atoms with Crippen LogP contribution >= 0.6 is 34.7 Å². The third kappa shape index (κ3) is 6.15. The summed E-state index contributed by atoms with van der Waals surface area (Å²) in [7, 11) is 0. The minimum atomic E-state index is -4.65. The number of hydrogen-bond donors (Lipinski definition) is 3. The van der Waals surface area contributed by atoms with E-state index < -0.39 is 23.6 Å². The first-order valence-corrected chi connectivity index (χ1v) is 14.3. The summed E-state index contributed by atoms with van der Waals surface area (Å²) >= 11 is 8.47. The van der Waals surface area contributed by atoms with Gasteiger partial charge in [-0.3, -0.25) is 9.59 Å². The molecule has 2 aromatic carbocycles. The fourth-order valence-electron chi connectivity index (χ4n) is 4.27. The molecule has 0 bridgehead atoms. The van der Waals surface area contributed by atoms with E-state index in [0.29, 0.717) is 15.9 Å². The Morgan fingerprint density at radius 1 is 1.19 bits per heavy atom. The first kappa shape index (κ1) is 29.2. The molecule has 0 radical (unpaired) electrons. The Balaban J connectivity index is 1.39. The molecule has 8 nitrogen and oxygen atoms in total. The van der Waals surface area contributed by atoms with Crippen molar-refractivity contribution < 1.29 is 27.2 Å². The third-order valence-corrected chi connectivity index (χ3v) is 8.45. The summed E-state index contributed by atoms with van der Waals surface area (Å²) in [5.74, 6) is -1.98. The number of nitrogens with one attached hydrogen (secondary N) is 3. The fraction of sp³-hybridized carbons (Fsp3) is 0.143. The number of rotatable bonds is 7. The number of hydrogen-bond acceptors (Lipinski definition) is 8. The number of carbonyl (C=O) groups excluding carboxylic acids is 2. The van der Waals surface area contributed by atoms with Crippen LogP contribution in [0.3, 0.4) is 0 Å². The molecule has 0 spiro atoms. The van der Waals surface area contributed by atoms with Crippen molar-refractivity contribution >= 4 is 67.5 Å². The van der Waals surface area contributed by atoms with Gasteiger partial charge in [0.15, 0.2) is 5.13 Å². The van der Waals surface area contributed by atoms with Crippen molar-refractivity contribution in [3.05, 3.63) is 99.1 Å². The number of thiazole rings is 1. The molecule has 1 atom stereocenters. The highest BCUT2D eigenvalue weighted by atomic mass is 35.5. The van der Waals surface area contributed by atoms with Gasteiger partial charge in [-0.1, -0.05) is 46.8 Å². The van der Waals surface area contributed by atoms with Crippen molar-refractivity contribution in [2.75, 3.05) is 16.4 Å². The van der Waals surface area contributed by atoms with Crippen LogP contribution in [0.15, 0.2) is 87.1 Å². The standard InChI is InChI=1S/C28H19ClF3N5O3S2/c1-14-23(25(39)35-19-11-15(28(30,31)32)8-9-17(19)29)24(20-6-4-10-40-20)16(12-33)26(34-14)41-13-22(38)37-27-36-18-5-2-3-7-21(18)42-27/h2-11,24,34H,13H2,1H3,(H,35,39)(H,36,37,38)/t24-/m0/s1. The maximum Gasteiger partial charge on any atom is 0.416 e. The van der Waals surface area contributed by atoms with Gasteiger partial charge >= 0.3 is 6.18 Å². The van der Waals surface area contributed by atoms with Crippen molar-refractivity contribution in [1.82, 2.24) is 10.3 Å². The Labute approximate surface area is 250 Å². The lowest BCUT2D eigenvalue weighted by molar-refractivity contribution is -0.137. The lowest BCUT2D eigenvalue weighted by atomic mass is 9.85. The van der Waals surface area contributed by atoms with Gasteiger partial charge in [0.25, 0.3) is 5.91 Å². The topological polar surface area (TPSA) is 120 Å². The quantitative estimate of drug-likeness (QED) is 0.197. The molecule has 214 valence electrons. The van der Waals surface area contributed by atoms with Crippen LogP contribution in [-0.2, 0) is 15.8 Å². The van der Waals surface area contributed by atoms with Crippen LogP contribution < -0.4 is 16.0 Å². The zero-order valence-corrected chi connectivity index (χ0v) is 23.9. The molecule has 4 aromatic rings. The molecule has 0 aliphatic carbocycles. The van der Waals surface area contributed by atoms with E-state index in [1.54, 1.807) is 19.1 Å². The van der Waals surface area contributed by atoms with Gasteiger partial charge in [0.05, 0.1) is 66.7 Å². The fourth-order valence-corrected chi connectivity index (χ4v) is 6.21. The van der Waals surface area contributed by atoms with E-state index in [-0.39, 0.29) is 39.3 Å². The normalized spacial score (nSPS) is 15.4. The highest BCUT2D eigenvalue weighted by Crippen LogP contribution is 2.42. The molecule has 0 saturated heterocycles. The van der Waals surface area contributed by atoms with Crippen LogP contribution in [0.25, 0.3) is 10.2 Å². The molecular formula is C28H19ClF3N5O3S2. The number of alkyl halides is 3. The number of aromatic nitrogens is 1. The Morgan fingerprint density at radius 2 is 1.98 bits per heavy atom. The zero-order chi connectivity index (χ0) is 30.0. The number of anilines is 2. The van der Waals surface area contributed by atoms with Crippen molar-refractivity contribution in [3.8, 4) is 6.07 Å². The van der Waals surface area contributed by atoms with Crippen LogP contribution in [0, 0.1) is 11.3 Å². The molecule has 5 rings (SSSR count). The molecule has 1 aliphatic heterocycles. The zero-order valence-electron chi connectivity index (χ0n) is 21.5. The summed E-state index contributed by atoms with van der Waals surface area (Å²) in [6.07, 6.45) is -3.27. The van der Waals surface area contributed by atoms with Gasteiger partial charge in [0.1, 0.15) is 5.76 Å². The van der Waals surface area contributed by atoms with E-state index >= 15 is 0 Å². The summed E-state index contributed by atoms with van der Waals surface area (Å²) in [5.41, 5.74) is -0.0352. The second-order valence-corrected chi connectivity index (χ2v) is 11.4. The summed E-state index contributed by atoms with van der Waals surface area (Å²) in [6.45, 7) is 1.58. The number of thioether (sulfide) groups is 1. The highest BCUT2D eigenvalue weighted by molar-refractivity contribution is 8.03. The number of nitrogens with zero attached hydrogens (tertiary/aromatic N) is 2. The summed E-state index contributed by atoms with van der Waals surface area (Å²) in [6, 6.07) is 15.3. The van der Waals surface area contributed by atoms with Crippen LogP contribution in [-0.4, -0.2) is 22.6 Å². The van der Waals surface area contributed by atoms with E-state index in [0.717, 1.165) is 40.2 Å². The Morgan fingerprint density at radius 3 is 2.67 bits per heavy atom. The minimum absolute atomic E-state index is 0.0401. The van der Waals surface area contributed by atoms with Crippen LogP contribution in [0.4, 0.5) is 24.0 Å². The van der Waals surface area contributed by atoms with Gasteiger partial charge < -0.3 is 20.4 Å². The van der Waals surface area contributed by atoms with Gasteiger partial charge in [0, 0.05) is 5.70 Å². The van der Waals surface area contributed by atoms with Gasteiger partial charge in [0.2, 0.25) is 5.91 Å².